The van der Waals surface area contributed by atoms with Gasteiger partial charge >= 0.3 is 5.97 Å². The zero-order valence-electron chi connectivity index (χ0n) is 11.5. The van der Waals surface area contributed by atoms with Gasteiger partial charge in [0.15, 0.2) is 0 Å². The minimum Gasteiger partial charge on any atom is -0.465 e. The van der Waals surface area contributed by atoms with Crippen LogP contribution in [0.3, 0.4) is 0 Å². The van der Waals surface area contributed by atoms with Gasteiger partial charge in [-0.3, -0.25) is 4.79 Å². The quantitative estimate of drug-likeness (QED) is 0.838. The number of ether oxygens (including phenoxy) is 1. The van der Waals surface area contributed by atoms with E-state index in [1.54, 1.807) is 12.1 Å². The predicted octanol–water partition coefficient (Wildman–Crippen LogP) is 2.06. The number of amides is 1. The first kappa shape index (κ1) is 14.8. The van der Waals surface area contributed by atoms with Crippen molar-refractivity contribution in [2.75, 3.05) is 25.5 Å². The molecule has 0 bridgehead atoms. The lowest BCUT2D eigenvalue weighted by Crippen LogP contribution is -2.35. The summed E-state index contributed by atoms with van der Waals surface area (Å²) < 4.78 is 4.70. The zero-order valence-corrected chi connectivity index (χ0v) is 12.2. The Bertz CT molecular complexity index is 539. The summed E-state index contributed by atoms with van der Waals surface area (Å²) in [6.45, 7) is 3.34. The van der Waals surface area contributed by atoms with Crippen molar-refractivity contribution < 1.29 is 14.3 Å². The summed E-state index contributed by atoms with van der Waals surface area (Å²) in [6, 6.07) is 4.72. The van der Waals surface area contributed by atoms with Gasteiger partial charge in [-0.25, -0.2) is 4.79 Å². The molecule has 0 aromatic heterocycles. The standard InChI is InChI=1S/C14H17ClN2O3/c1-14(5-6-16-8-14)13(19)17-11-4-3-9(15)7-10(11)12(18)20-2/h3-4,7,16H,5-6,8H2,1-2H3,(H,17,19). The smallest absolute Gasteiger partial charge is 0.340 e. The van der Waals surface area contributed by atoms with E-state index < -0.39 is 11.4 Å². The monoisotopic (exact) mass is 296 g/mol. The molecule has 1 fully saturated rings. The Balaban J connectivity index is 2.25. The van der Waals surface area contributed by atoms with Gasteiger partial charge in [-0.15, -0.1) is 0 Å². The van der Waals surface area contributed by atoms with Crippen molar-refractivity contribution >= 4 is 29.2 Å². The van der Waals surface area contributed by atoms with Crippen molar-refractivity contribution in [3.8, 4) is 0 Å². The van der Waals surface area contributed by atoms with Crippen LogP contribution >= 0.6 is 11.6 Å². The predicted molar refractivity (Wildman–Crippen MR) is 77.0 cm³/mol. The first-order chi connectivity index (χ1) is 9.46. The lowest BCUT2D eigenvalue weighted by atomic mass is 9.88. The number of benzene rings is 1. The van der Waals surface area contributed by atoms with Gasteiger partial charge in [0.1, 0.15) is 0 Å². The Morgan fingerprint density at radius 1 is 1.45 bits per heavy atom. The summed E-state index contributed by atoms with van der Waals surface area (Å²) in [5.41, 5.74) is 0.204. The van der Waals surface area contributed by atoms with Gasteiger partial charge in [0.2, 0.25) is 5.91 Å². The fourth-order valence-corrected chi connectivity index (χ4v) is 2.36. The van der Waals surface area contributed by atoms with E-state index in [-0.39, 0.29) is 11.5 Å². The molecule has 1 aliphatic rings. The summed E-state index contributed by atoms with van der Waals surface area (Å²) in [7, 11) is 1.29. The number of halogens is 1. The van der Waals surface area contributed by atoms with Gasteiger partial charge in [0, 0.05) is 11.6 Å². The molecule has 108 valence electrons. The summed E-state index contributed by atoms with van der Waals surface area (Å²) in [6.07, 6.45) is 0.764. The van der Waals surface area contributed by atoms with E-state index in [0.717, 1.165) is 13.0 Å². The molecular formula is C14H17ClN2O3. The van der Waals surface area contributed by atoms with Crippen molar-refractivity contribution in [2.45, 2.75) is 13.3 Å². The van der Waals surface area contributed by atoms with Crippen LogP contribution in [0.4, 0.5) is 5.69 Å². The summed E-state index contributed by atoms with van der Waals surface area (Å²) in [5.74, 6) is -0.646. The molecular weight excluding hydrogens is 280 g/mol. The first-order valence-electron chi connectivity index (χ1n) is 6.36. The fourth-order valence-electron chi connectivity index (χ4n) is 2.19. The SMILES string of the molecule is COC(=O)c1cc(Cl)ccc1NC(=O)C1(C)CCNC1. The number of carbonyl (C=O) groups excluding carboxylic acids is 2. The zero-order chi connectivity index (χ0) is 14.8. The molecule has 1 aliphatic heterocycles. The molecule has 2 N–H and O–H groups in total. The molecule has 0 aliphatic carbocycles. The van der Waals surface area contributed by atoms with Gasteiger partial charge in [-0.05, 0) is 38.1 Å². The highest BCUT2D eigenvalue weighted by Gasteiger charge is 2.36. The number of carbonyl (C=O) groups is 2. The molecule has 20 heavy (non-hydrogen) atoms. The highest BCUT2D eigenvalue weighted by atomic mass is 35.5. The Morgan fingerprint density at radius 2 is 2.20 bits per heavy atom. The van der Waals surface area contributed by atoms with Crippen LogP contribution in [0.5, 0.6) is 0 Å². The first-order valence-corrected chi connectivity index (χ1v) is 6.74. The number of hydrogen-bond acceptors (Lipinski definition) is 4. The maximum absolute atomic E-state index is 12.3. The van der Waals surface area contributed by atoms with Gasteiger partial charge in [-0.2, -0.15) is 0 Å². The van der Waals surface area contributed by atoms with Crippen LogP contribution in [0.2, 0.25) is 5.02 Å². The van der Waals surface area contributed by atoms with Crippen LogP contribution in [0.1, 0.15) is 23.7 Å². The van der Waals surface area contributed by atoms with Gasteiger partial charge < -0.3 is 15.4 Å². The molecule has 1 unspecified atom stereocenters. The van der Waals surface area contributed by atoms with Crippen molar-refractivity contribution in [3.63, 3.8) is 0 Å². The molecule has 0 spiro atoms. The molecule has 5 nitrogen and oxygen atoms in total. The number of hydrogen-bond donors (Lipinski definition) is 2. The van der Waals surface area contributed by atoms with Crippen molar-refractivity contribution in [2.24, 2.45) is 5.41 Å². The summed E-state index contributed by atoms with van der Waals surface area (Å²) in [5, 5.41) is 6.37. The molecule has 0 radical (unpaired) electrons. The van der Waals surface area contributed by atoms with E-state index in [9.17, 15) is 9.59 Å². The van der Waals surface area contributed by atoms with Crippen LogP contribution in [-0.2, 0) is 9.53 Å². The average Bonchev–Trinajstić information content (AvgIpc) is 2.88. The molecule has 2 rings (SSSR count). The Kier molecular flexibility index (Phi) is 4.30. The van der Waals surface area contributed by atoms with Crippen LogP contribution in [0.15, 0.2) is 18.2 Å². The third-order valence-electron chi connectivity index (χ3n) is 3.55. The molecule has 6 heteroatoms. The summed E-state index contributed by atoms with van der Waals surface area (Å²) >= 11 is 5.88. The maximum Gasteiger partial charge on any atom is 0.340 e. The van der Waals surface area contributed by atoms with E-state index >= 15 is 0 Å². The number of nitrogens with one attached hydrogen (secondary N) is 2. The number of esters is 1. The van der Waals surface area contributed by atoms with E-state index in [4.69, 9.17) is 16.3 Å². The molecule has 1 aromatic rings. The van der Waals surface area contributed by atoms with Crippen LogP contribution < -0.4 is 10.6 Å². The van der Waals surface area contributed by atoms with Gasteiger partial charge in [-0.1, -0.05) is 11.6 Å². The fraction of sp³-hybridized carbons (Fsp3) is 0.429. The van der Waals surface area contributed by atoms with Crippen molar-refractivity contribution in [1.29, 1.82) is 0 Å². The van der Waals surface area contributed by atoms with Crippen LogP contribution in [0, 0.1) is 5.41 Å². The topological polar surface area (TPSA) is 67.4 Å². The number of anilines is 1. The lowest BCUT2D eigenvalue weighted by Gasteiger charge is -2.22. The molecule has 0 saturated carbocycles. The largest absolute Gasteiger partial charge is 0.465 e. The second kappa shape index (κ2) is 5.81. The van der Waals surface area contributed by atoms with Crippen molar-refractivity contribution in [1.82, 2.24) is 5.32 Å². The normalized spacial score (nSPS) is 21.6. The van der Waals surface area contributed by atoms with Gasteiger partial charge in [0.05, 0.1) is 23.8 Å². The Labute approximate surface area is 122 Å². The minimum atomic E-state index is -0.530. The van der Waals surface area contributed by atoms with Crippen molar-refractivity contribution in [3.05, 3.63) is 28.8 Å². The molecule has 1 amide bonds. The molecule has 1 atom stereocenters. The molecule has 1 aromatic carbocycles. The van der Waals surface area contributed by atoms with Gasteiger partial charge in [0.25, 0.3) is 0 Å². The van der Waals surface area contributed by atoms with E-state index in [2.05, 4.69) is 10.6 Å². The third-order valence-corrected chi connectivity index (χ3v) is 3.79. The molecule has 1 saturated heterocycles. The lowest BCUT2D eigenvalue weighted by molar-refractivity contribution is -0.123. The minimum absolute atomic E-state index is 0.116. The van der Waals surface area contributed by atoms with E-state index in [0.29, 0.717) is 17.3 Å². The number of methoxy groups -OCH3 is 1. The second-order valence-corrected chi connectivity index (χ2v) is 5.56. The highest BCUT2D eigenvalue weighted by molar-refractivity contribution is 6.31. The van der Waals surface area contributed by atoms with E-state index in [1.807, 2.05) is 6.92 Å². The van der Waals surface area contributed by atoms with Crippen LogP contribution in [-0.4, -0.2) is 32.1 Å². The molecule has 1 heterocycles. The third kappa shape index (κ3) is 2.94. The maximum atomic E-state index is 12.3. The van der Waals surface area contributed by atoms with Crippen LogP contribution in [0.25, 0.3) is 0 Å². The van der Waals surface area contributed by atoms with E-state index in [1.165, 1.54) is 13.2 Å². The second-order valence-electron chi connectivity index (χ2n) is 5.12. The Morgan fingerprint density at radius 3 is 2.80 bits per heavy atom. The average molecular weight is 297 g/mol. The number of rotatable bonds is 3. The Hall–Kier alpha value is -1.59. The summed E-state index contributed by atoms with van der Waals surface area (Å²) in [4.78, 5) is 24.1. The highest BCUT2D eigenvalue weighted by Crippen LogP contribution is 2.28.